The normalized spacial score (nSPS) is 34.1. The molecule has 3 N–H and O–H groups in total. The van der Waals surface area contributed by atoms with E-state index in [1.807, 2.05) is 12.2 Å². The van der Waals surface area contributed by atoms with E-state index in [1.165, 1.54) is 15.9 Å². The molecule has 7 atom stereocenters. The number of nitrogens with zero attached hydrogens (tertiary/aromatic N) is 3. The summed E-state index contributed by atoms with van der Waals surface area (Å²) >= 11 is 0. The van der Waals surface area contributed by atoms with E-state index in [4.69, 9.17) is 4.74 Å². The molecule has 6 fully saturated rings. The van der Waals surface area contributed by atoms with Crippen LogP contribution in [0.4, 0.5) is 20.6 Å². The van der Waals surface area contributed by atoms with Gasteiger partial charge in [-0.2, -0.15) is 0 Å². The SMILES string of the molecule is O=C1N[C@]2(C(=O)NS(=O)(=O)C3CC3)C[C@H]2C=CCCCCC[C@H](Nc2c(N3C4CCC45CCC35)c(=O)c2=O)C(=O)N2C[C@H](OC(=O)N3Cc4cccc(F)c4C3)C[C@@H]12. The lowest BCUT2D eigenvalue weighted by atomic mass is 9.42. The monoisotopic (exact) mass is 818 g/mol. The van der Waals surface area contributed by atoms with Crippen LogP contribution in [0.5, 0.6) is 0 Å². The third-order valence-corrected chi connectivity index (χ3v) is 16.3. The predicted octanol–water partition coefficient (Wildman–Crippen LogP) is 2.46. The van der Waals surface area contributed by atoms with Crippen molar-refractivity contribution in [3.05, 3.63) is 67.7 Å². The van der Waals surface area contributed by atoms with Crippen LogP contribution in [0.3, 0.4) is 0 Å². The van der Waals surface area contributed by atoms with Crippen molar-refractivity contribution >= 4 is 45.2 Å². The van der Waals surface area contributed by atoms with Gasteiger partial charge in [0.05, 0.1) is 18.3 Å². The third-order valence-electron chi connectivity index (χ3n) is 14.5. The number of anilines is 2. The van der Waals surface area contributed by atoms with Crippen molar-refractivity contribution in [1.29, 1.82) is 0 Å². The van der Waals surface area contributed by atoms with Crippen LogP contribution in [0.25, 0.3) is 0 Å². The van der Waals surface area contributed by atoms with Crippen molar-refractivity contribution in [2.75, 3.05) is 16.8 Å². The first-order chi connectivity index (χ1) is 27.8. The number of fused-ring (bicyclic) bond motifs is 3. The number of halogens is 1. The van der Waals surface area contributed by atoms with Gasteiger partial charge in [-0.05, 0) is 75.8 Å². The van der Waals surface area contributed by atoms with Crippen molar-refractivity contribution in [3.8, 4) is 0 Å². The highest BCUT2D eigenvalue weighted by Crippen LogP contribution is 2.69. The van der Waals surface area contributed by atoms with Gasteiger partial charge >= 0.3 is 6.09 Å². The third kappa shape index (κ3) is 5.80. The number of amides is 4. The number of rotatable bonds is 7. The molecule has 1 spiro atoms. The largest absolute Gasteiger partial charge is 0.444 e. The summed E-state index contributed by atoms with van der Waals surface area (Å²) in [5.74, 6) is -3.01. The zero-order valence-electron chi connectivity index (χ0n) is 32.0. The number of benzene rings is 1. The molecule has 2 aromatic rings. The second-order valence-electron chi connectivity index (χ2n) is 17.8. The van der Waals surface area contributed by atoms with Crippen molar-refractivity contribution in [2.45, 2.75) is 138 Å². The molecule has 4 saturated carbocycles. The molecule has 308 valence electrons. The van der Waals surface area contributed by atoms with Crippen molar-refractivity contribution in [1.82, 2.24) is 19.8 Å². The number of sulfonamides is 1. The summed E-state index contributed by atoms with van der Waals surface area (Å²) < 4.78 is 48.4. The number of carbonyl (C=O) groups excluding carboxylic acids is 4. The average Bonchev–Trinajstić information content (AvgIpc) is 4.05. The molecular weight excluding hydrogens is 772 g/mol. The lowest BCUT2D eigenvalue weighted by Crippen LogP contribution is -2.83. The molecule has 4 aliphatic heterocycles. The fourth-order valence-electron chi connectivity index (χ4n) is 10.8. The fourth-order valence-corrected chi connectivity index (χ4v) is 12.1. The van der Waals surface area contributed by atoms with Crippen LogP contribution < -0.4 is 31.1 Å². The molecule has 0 radical (unpaired) electrons. The van der Waals surface area contributed by atoms with Gasteiger partial charge in [0.1, 0.15) is 40.9 Å². The van der Waals surface area contributed by atoms with E-state index in [1.54, 1.807) is 12.1 Å². The van der Waals surface area contributed by atoms with Crippen molar-refractivity contribution in [2.24, 2.45) is 11.3 Å². The molecule has 58 heavy (non-hydrogen) atoms. The number of nitrogens with one attached hydrogen (secondary N) is 3. The Labute approximate surface area is 334 Å². The lowest BCUT2D eigenvalue weighted by molar-refractivity contribution is -0.140. The maximum atomic E-state index is 14.8. The van der Waals surface area contributed by atoms with Gasteiger partial charge in [-0.1, -0.05) is 37.1 Å². The topological polar surface area (TPSA) is 192 Å². The highest BCUT2D eigenvalue weighted by molar-refractivity contribution is 7.91. The molecule has 15 nitrogen and oxygen atoms in total. The Morgan fingerprint density at radius 2 is 1.72 bits per heavy atom. The minimum absolute atomic E-state index is 0.00748. The Kier molecular flexibility index (Phi) is 8.63. The number of hydrogen-bond donors (Lipinski definition) is 3. The Balaban J connectivity index is 0.933. The van der Waals surface area contributed by atoms with E-state index in [-0.39, 0.29) is 55.7 Å². The molecule has 2 saturated heterocycles. The molecule has 17 heteroatoms. The smallest absolute Gasteiger partial charge is 0.410 e. The van der Waals surface area contributed by atoms with Crippen LogP contribution in [0.1, 0.15) is 94.6 Å². The van der Waals surface area contributed by atoms with Crippen LogP contribution in [0, 0.1) is 17.2 Å². The van der Waals surface area contributed by atoms with Gasteiger partial charge < -0.3 is 25.2 Å². The average molecular weight is 819 g/mol. The maximum absolute atomic E-state index is 14.8. The van der Waals surface area contributed by atoms with E-state index in [0.717, 1.165) is 38.5 Å². The molecule has 10 rings (SSSR count). The summed E-state index contributed by atoms with van der Waals surface area (Å²) in [7, 11) is -3.94. The van der Waals surface area contributed by atoms with E-state index in [0.29, 0.717) is 48.9 Å². The summed E-state index contributed by atoms with van der Waals surface area (Å²) in [4.78, 5) is 87.6. The van der Waals surface area contributed by atoms with Crippen LogP contribution in [-0.2, 0) is 42.2 Å². The van der Waals surface area contributed by atoms with Gasteiger partial charge in [0, 0.05) is 41.9 Å². The van der Waals surface area contributed by atoms with Crippen LogP contribution >= 0.6 is 0 Å². The van der Waals surface area contributed by atoms with Crippen LogP contribution in [0.2, 0.25) is 0 Å². The molecule has 0 bridgehead atoms. The van der Waals surface area contributed by atoms with Gasteiger partial charge in [0.25, 0.3) is 16.8 Å². The molecular formula is C41H47FN6O9S. The Bertz CT molecular complexity index is 2320. The van der Waals surface area contributed by atoms with Gasteiger partial charge in [0.15, 0.2) is 0 Å². The Morgan fingerprint density at radius 3 is 2.43 bits per heavy atom. The molecule has 0 aromatic heterocycles. The van der Waals surface area contributed by atoms with Crippen LogP contribution in [-0.4, -0.2) is 89.6 Å². The van der Waals surface area contributed by atoms with E-state index in [2.05, 4.69) is 20.3 Å². The Hall–Kier alpha value is -4.80. The first kappa shape index (κ1) is 37.5. The second-order valence-corrected chi connectivity index (χ2v) is 19.8. The summed E-state index contributed by atoms with van der Waals surface area (Å²) in [5.41, 5.74) is -1.09. The molecule has 8 aliphatic rings. The van der Waals surface area contributed by atoms with Gasteiger partial charge in [-0.3, -0.25) is 33.6 Å². The number of piperidine rings is 2. The summed E-state index contributed by atoms with van der Waals surface area (Å²) in [6.45, 7) is -0.0733. The number of carbonyl (C=O) groups is 4. The van der Waals surface area contributed by atoms with Crippen molar-refractivity contribution in [3.63, 3.8) is 0 Å². The first-order valence-corrected chi connectivity index (χ1v) is 22.3. The van der Waals surface area contributed by atoms with E-state index >= 15 is 0 Å². The second kappa shape index (κ2) is 13.4. The zero-order chi connectivity index (χ0) is 40.3. The molecule has 2 unspecified atom stereocenters. The fraction of sp³-hybridized carbons (Fsp3) is 0.610. The quantitative estimate of drug-likeness (QED) is 0.275. The predicted molar refractivity (Wildman–Crippen MR) is 207 cm³/mol. The highest BCUT2D eigenvalue weighted by atomic mass is 32.2. The minimum Gasteiger partial charge on any atom is -0.444 e. The zero-order valence-corrected chi connectivity index (χ0v) is 32.9. The lowest BCUT2D eigenvalue weighted by Gasteiger charge is -2.77. The molecule has 4 heterocycles. The standard InChI is InChI=1S/C41H47FN6O9S/c42-27-9-6-7-22-19-46(21-26(22)27)39(54)57-24-17-29-36(51)44-41(38(53)45-58(55,56)25-11-12-25)18-23(41)8-4-2-1-3-5-10-28(37(52)47(29)20-24)43-32-33(35(50)34(32)49)48-30-13-15-40(30)16-14-31(40)48/h4,6-9,23-25,28-31,43H,1-3,5,10-21H2,(H,44,51)(H,45,53)/t23-,24-,28+,29+,30?,31?,40?,41-/m1/s1. The Morgan fingerprint density at radius 1 is 0.948 bits per heavy atom. The highest BCUT2D eigenvalue weighted by Gasteiger charge is 2.71. The summed E-state index contributed by atoms with van der Waals surface area (Å²) in [5, 5.41) is 5.33. The van der Waals surface area contributed by atoms with E-state index < -0.39 is 85.4 Å². The number of ether oxygens (including phenoxy) is 1. The van der Waals surface area contributed by atoms with Gasteiger partial charge in [-0.15, -0.1) is 0 Å². The number of hydrogen-bond acceptors (Lipinski definition) is 11. The summed E-state index contributed by atoms with van der Waals surface area (Å²) in [6, 6.07) is 2.80. The summed E-state index contributed by atoms with van der Waals surface area (Å²) in [6.07, 6.45) is 10.1. The van der Waals surface area contributed by atoms with E-state index in [9.17, 15) is 41.6 Å². The minimum atomic E-state index is -3.94. The molecule has 2 aromatic carbocycles. The molecule has 4 amide bonds. The van der Waals surface area contributed by atoms with Gasteiger partial charge in [-0.25, -0.2) is 17.6 Å². The van der Waals surface area contributed by atoms with Gasteiger partial charge in [0.2, 0.25) is 21.8 Å². The first-order valence-electron chi connectivity index (χ1n) is 20.8. The van der Waals surface area contributed by atoms with Crippen molar-refractivity contribution < 1.29 is 36.7 Å². The van der Waals surface area contributed by atoms with Crippen LogP contribution in [0.15, 0.2) is 39.9 Å². The maximum Gasteiger partial charge on any atom is 0.410 e. The molecule has 4 aliphatic carbocycles. The number of allylic oxidation sites excluding steroid dienone is 1.